The Morgan fingerprint density at radius 1 is 1.16 bits per heavy atom. The van der Waals surface area contributed by atoms with Crippen LogP contribution in [0.2, 0.25) is 0 Å². The topological polar surface area (TPSA) is 29.5 Å². The summed E-state index contributed by atoms with van der Waals surface area (Å²) in [5.74, 6) is 1.42. The number of methoxy groups -OCH3 is 1. The number of aliphatic hydroxyl groups is 1. The van der Waals surface area contributed by atoms with Gasteiger partial charge in [0.05, 0.1) is 13.2 Å². The number of halogens is 1. The van der Waals surface area contributed by atoms with Gasteiger partial charge in [0.25, 0.3) is 0 Å². The number of hydrogen-bond donors (Lipinski definition) is 1. The summed E-state index contributed by atoms with van der Waals surface area (Å²) in [5.41, 5.74) is 0.903. The van der Waals surface area contributed by atoms with Crippen molar-refractivity contribution in [2.75, 3.05) is 12.9 Å². The SMILES string of the molecule is COc1ccc(C(O)CSc2ccccc2Br)cc1. The molecule has 0 aliphatic heterocycles. The van der Waals surface area contributed by atoms with E-state index in [1.54, 1.807) is 18.9 Å². The van der Waals surface area contributed by atoms with Gasteiger partial charge in [0.1, 0.15) is 5.75 Å². The molecule has 2 aromatic rings. The Balaban J connectivity index is 1.97. The highest BCUT2D eigenvalue weighted by atomic mass is 79.9. The molecule has 0 bridgehead atoms. The second kappa shape index (κ2) is 6.98. The zero-order valence-electron chi connectivity index (χ0n) is 10.5. The van der Waals surface area contributed by atoms with E-state index in [-0.39, 0.29) is 0 Å². The van der Waals surface area contributed by atoms with E-state index in [1.165, 1.54) is 0 Å². The summed E-state index contributed by atoms with van der Waals surface area (Å²) in [7, 11) is 1.63. The molecule has 2 aromatic carbocycles. The minimum Gasteiger partial charge on any atom is -0.497 e. The highest BCUT2D eigenvalue weighted by Crippen LogP contribution is 2.30. The number of ether oxygens (including phenoxy) is 1. The van der Waals surface area contributed by atoms with Crippen molar-refractivity contribution in [3.63, 3.8) is 0 Å². The molecule has 0 fully saturated rings. The van der Waals surface area contributed by atoms with Crippen LogP contribution in [-0.2, 0) is 0 Å². The average Bonchev–Trinajstić information content (AvgIpc) is 2.46. The normalized spacial score (nSPS) is 12.2. The number of benzene rings is 2. The van der Waals surface area contributed by atoms with E-state index in [4.69, 9.17) is 4.74 Å². The van der Waals surface area contributed by atoms with Gasteiger partial charge in [-0.1, -0.05) is 24.3 Å². The number of aliphatic hydroxyl groups excluding tert-OH is 1. The molecule has 2 nitrogen and oxygen atoms in total. The zero-order valence-corrected chi connectivity index (χ0v) is 12.9. The van der Waals surface area contributed by atoms with E-state index in [2.05, 4.69) is 15.9 Å². The van der Waals surface area contributed by atoms with E-state index >= 15 is 0 Å². The zero-order chi connectivity index (χ0) is 13.7. The molecule has 1 unspecified atom stereocenters. The Morgan fingerprint density at radius 2 is 1.84 bits per heavy atom. The van der Waals surface area contributed by atoms with E-state index in [0.717, 1.165) is 20.7 Å². The summed E-state index contributed by atoms with van der Waals surface area (Å²) >= 11 is 5.13. The minimum absolute atomic E-state index is 0.483. The van der Waals surface area contributed by atoms with Crippen molar-refractivity contribution >= 4 is 27.7 Å². The molecule has 0 aliphatic rings. The fourth-order valence-electron chi connectivity index (χ4n) is 1.65. The molecule has 0 heterocycles. The van der Waals surface area contributed by atoms with Gasteiger partial charge in [-0.05, 0) is 45.8 Å². The quantitative estimate of drug-likeness (QED) is 0.825. The molecule has 1 N–H and O–H groups in total. The van der Waals surface area contributed by atoms with Crippen molar-refractivity contribution < 1.29 is 9.84 Å². The Morgan fingerprint density at radius 3 is 2.47 bits per heavy atom. The summed E-state index contributed by atoms with van der Waals surface area (Å²) < 4.78 is 6.16. The van der Waals surface area contributed by atoms with Crippen molar-refractivity contribution in [1.82, 2.24) is 0 Å². The van der Waals surface area contributed by atoms with Crippen LogP contribution in [0, 0.1) is 0 Å². The second-order valence-electron chi connectivity index (χ2n) is 4.03. The third kappa shape index (κ3) is 4.00. The summed E-state index contributed by atoms with van der Waals surface area (Å²) in [6.45, 7) is 0. The van der Waals surface area contributed by atoms with Crippen LogP contribution in [0.25, 0.3) is 0 Å². The fourth-order valence-corrected chi connectivity index (χ4v) is 3.19. The van der Waals surface area contributed by atoms with Crippen molar-refractivity contribution in [3.05, 3.63) is 58.6 Å². The third-order valence-electron chi connectivity index (χ3n) is 2.73. The van der Waals surface area contributed by atoms with Gasteiger partial charge in [-0.15, -0.1) is 11.8 Å². The molecule has 0 radical (unpaired) electrons. The van der Waals surface area contributed by atoms with Crippen LogP contribution in [0.4, 0.5) is 0 Å². The van der Waals surface area contributed by atoms with Gasteiger partial charge in [0.15, 0.2) is 0 Å². The van der Waals surface area contributed by atoms with Crippen LogP contribution < -0.4 is 4.74 Å². The van der Waals surface area contributed by atoms with Crippen LogP contribution in [0.5, 0.6) is 5.75 Å². The molecular formula is C15H15BrO2S. The van der Waals surface area contributed by atoms with E-state index < -0.39 is 6.10 Å². The second-order valence-corrected chi connectivity index (χ2v) is 5.95. The molecular weight excluding hydrogens is 324 g/mol. The monoisotopic (exact) mass is 338 g/mol. The lowest BCUT2D eigenvalue weighted by molar-refractivity contribution is 0.204. The van der Waals surface area contributed by atoms with Crippen molar-refractivity contribution in [2.45, 2.75) is 11.0 Å². The molecule has 4 heteroatoms. The van der Waals surface area contributed by atoms with Crippen LogP contribution in [-0.4, -0.2) is 18.0 Å². The average molecular weight is 339 g/mol. The predicted molar refractivity (Wildman–Crippen MR) is 82.8 cm³/mol. The Labute approximate surface area is 125 Å². The fraction of sp³-hybridized carbons (Fsp3) is 0.200. The standard InChI is InChI=1S/C15H15BrO2S/c1-18-12-8-6-11(7-9-12)14(17)10-19-15-5-3-2-4-13(15)16/h2-9,14,17H,10H2,1H3. The molecule has 19 heavy (non-hydrogen) atoms. The largest absolute Gasteiger partial charge is 0.497 e. The molecule has 0 saturated heterocycles. The van der Waals surface area contributed by atoms with Crippen LogP contribution in [0.15, 0.2) is 57.9 Å². The van der Waals surface area contributed by atoms with Gasteiger partial charge in [-0.2, -0.15) is 0 Å². The Bertz CT molecular complexity index is 528. The first-order valence-electron chi connectivity index (χ1n) is 5.90. The molecule has 0 amide bonds. The van der Waals surface area contributed by atoms with Gasteiger partial charge >= 0.3 is 0 Å². The first kappa shape index (κ1) is 14.4. The van der Waals surface area contributed by atoms with Crippen molar-refractivity contribution in [3.8, 4) is 5.75 Å². The van der Waals surface area contributed by atoms with Crippen LogP contribution in [0.1, 0.15) is 11.7 Å². The lowest BCUT2D eigenvalue weighted by atomic mass is 10.1. The third-order valence-corrected chi connectivity index (χ3v) is 4.84. The highest BCUT2D eigenvalue weighted by molar-refractivity contribution is 9.10. The lowest BCUT2D eigenvalue weighted by Gasteiger charge is -2.12. The van der Waals surface area contributed by atoms with Gasteiger partial charge in [-0.25, -0.2) is 0 Å². The number of hydrogen-bond acceptors (Lipinski definition) is 3. The Hall–Kier alpha value is -0.970. The number of thioether (sulfide) groups is 1. The number of rotatable bonds is 5. The predicted octanol–water partition coefficient (Wildman–Crippen LogP) is 4.28. The molecule has 0 spiro atoms. The van der Waals surface area contributed by atoms with Gasteiger partial charge in [0.2, 0.25) is 0 Å². The smallest absolute Gasteiger partial charge is 0.118 e. The summed E-state index contributed by atoms with van der Waals surface area (Å²) in [5, 5.41) is 10.2. The van der Waals surface area contributed by atoms with Crippen LogP contribution in [0.3, 0.4) is 0 Å². The first-order valence-corrected chi connectivity index (χ1v) is 7.68. The summed E-state index contributed by atoms with van der Waals surface area (Å²) in [6, 6.07) is 15.5. The summed E-state index contributed by atoms with van der Waals surface area (Å²) in [6.07, 6.45) is -0.483. The van der Waals surface area contributed by atoms with E-state index in [9.17, 15) is 5.11 Å². The molecule has 1 atom stereocenters. The minimum atomic E-state index is -0.483. The maximum absolute atomic E-state index is 10.2. The Kier molecular flexibility index (Phi) is 5.31. The molecule has 0 saturated carbocycles. The molecule has 100 valence electrons. The molecule has 0 aromatic heterocycles. The first-order chi connectivity index (χ1) is 9.20. The lowest BCUT2D eigenvalue weighted by Crippen LogP contribution is -2.00. The van der Waals surface area contributed by atoms with E-state index in [0.29, 0.717) is 5.75 Å². The summed E-state index contributed by atoms with van der Waals surface area (Å²) in [4.78, 5) is 1.13. The van der Waals surface area contributed by atoms with Gasteiger partial charge < -0.3 is 9.84 Å². The van der Waals surface area contributed by atoms with Crippen molar-refractivity contribution in [2.24, 2.45) is 0 Å². The van der Waals surface area contributed by atoms with Crippen molar-refractivity contribution in [1.29, 1.82) is 0 Å². The maximum atomic E-state index is 10.2. The molecule has 2 rings (SSSR count). The highest BCUT2D eigenvalue weighted by Gasteiger charge is 2.09. The van der Waals surface area contributed by atoms with Gasteiger partial charge in [-0.3, -0.25) is 0 Å². The van der Waals surface area contributed by atoms with E-state index in [1.807, 2.05) is 48.5 Å². The molecule has 0 aliphatic carbocycles. The van der Waals surface area contributed by atoms with Crippen LogP contribution >= 0.6 is 27.7 Å². The maximum Gasteiger partial charge on any atom is 0.118 e. The van der Waals surface area contributed by atoms with Gasteiger partial charge in [0, 0.05) is 15.1 Å².